The third-order valence-electron chi connectivity index (χ3n) is 12.5. The third kappa shape index (κ3) is 7.24. The minimum atomic E-state index is -0.278. The van der Waals surface area contributed by atoms with Crippen molar-refractivity contribution in [3.05, 3.63) is 277 Å². The summed E-state index contributed by atoms with van der Waals surface area (Å²) < 4.78 is 13.8. The Bertz CT molecular complexity index is 2820. The molecular weight excluding hydrogens is 757 g/mol. The average molecular weight is 805 g/mol. The van der Waals surface area contributed by atoms with Crippen LogP contribution in [-0.2, 0) is 9.47 Å². The van der Waals surface area contributed by atoms with Crippen LogP contribution in [0.25, 0.3) is 16.7 Å². The van der Waals surface area contributed by atoms with Crippen molar-refractivity contribution in [2.24, 2.45) is 11.8 Å². The van der Waals surface area contributed by atoms with Crippen molar-refractivity contribution in [3.63, 3.8) is 0 Å². The Morgan fingerprint density at radius 2 is 1.23 bits per heavy atom. The number of benzene rings is 5. The van der Waals surface area contributed by atoms with Gasteiger partial charge in [0.2, 0.25) is 0 Å². The Morgan fingerprint density at radius 1 is 0.629 bits per heavy atom. The van der Waals surface area contributed by atoms with E-state index in [4.69, 9.17) is 16.1 Å². The molecule has 0 spiro atoms. The molecule has 0 radical (unpaired) electrons. The fourth-order valence-electron chi connectivity index (χ4n) is 9.50. The van der Waals surface area contributed by atoms with E-state index in [1.165, 1.54) is 16.7 Å². The van der Waals surface area contributed by atoms with E-state index in [2.05, 4.69) is 193 Å². The molecule has 2 fully saturated rings. The number of hydrogen-bond donors (Lipinski definition) is 0. The Labute approximate surface area is 365 Å². The summed E-state index contributed by atoms with van der Waals surface area (Å²) in [5.41, 5.74) is 13.6. The standard InChI is InChI=1S/C58H48N2O2/c1-39(59(47-25-13-7-14-26-47)49-29-17-23-45(37-49)43-19-9-5-10-20-43)35-55-41(3)51-31-34-54-58-52(32-33-53(61-55)57(51)58)42(4)56(62-54)36-40(2)60(48-27-15-8-16-28-48)50-30-18-24-46(38-50)44-21-11-6-12-22-44/h5-29,31-35,37-38,50,56-58H,1-4,30,36H2/b55-35+. The molecule has 5 aromatic carbocycles. The van der Waals surface area contributed by atoms with Crippen LogP contribution in [0.5, 0.6) is 0 Å². The average Bonchev–Trinajstić information content (AvgIpc) is 3.32. The first kappa shape index (κ1) is 38.6. The van der Waals surface area contributed by atoms with Crippen LogP contribution in [0.1, 0.15) is 18.4 Å². The largest absolute Gasteiger partial charge is 0.489 e. The number of allylic oxidation sites excluding steroid dienone is 10. The van der Waals surface area contributed by atoms with Gasteiger partial charge in [-0.05, 0) is 94.0 Å². The van der Waals surface area contributed by atoms with Gasteiger partial charge in [0.1, 0.15) is 23.4 Å². The van der Waals surface area contributed by atoms with Crippen LogP contribution < -0.4 is 9.80 Å². The van der Waals surface area contributed by atoms with E-state index in [0.717, 1.165) is 74.2 Å². The molecule has 62 heavy (non-hydrogen) atoms. The molecular formula is C58H48N2O2. The van der Waals surface area contributed by atoms with Crippen molar-refractivity contribution in [1.82, 2.24) is 0 Å². The molecule has 4 atom stereocenters. The normalized spacial score (nSPS) is 21.5. The Balaban J connectivity index is 0.926. The lowest BCUT2D eigenvalue weighted by molar-refractivity contribution is 0.0874. The second kappa shape index (κ2) is 16.5. The maximum atomic E-state index is 6.95. The molecule has 5 aromatic rings. The molecule has 5 aliphatic rings. The van der Waals surface area contributed by atoms with Gasteiger partial charge >= 0.3 is 0 Å². The minimum absolute atomic E-state index is 0.0554. The molecule has 4 heteroatoms. The van der Waals surface area contributed by atoms with E-state index < -0.39 is 0 Å². The van der Waals surface area contributed by atoms with Crippen LogP contribution in [0, 0.1) is 11.8 Å². The summed E-state index contributed by atoms with van der Waals surface area (Å²) in [5, 5.41) is 0. The van der Waals surface area contributed by atoms with Crippen LogP contribution in [0.4, 0.5) is 17.1 Å². The highest BCUT2D eigenvalue weighted by Crippen LogP contribution is 2.55. The van der Waals surface area contributed by atoms with Crippen LogP contribution in [0.2, 0.25) is 0 Å². The first-order valence-corrected chi connectivity index (χ1v) is 21.4. The lowest BCUT2D eigenvalue weighted by Gasteiger charge is -2.47. The van der Waals surface area contributed by atoms with Gasteiger partial charge in [0.15, 0.2) is 0 Å². The zero-order valence-corrected chi connectivity index (χ0v) is 34.7. The summed E-state index contributed by atoms with van der Waals surface area (Å²) in [5.74, 6) is 2.32. The number of para-hydroxylation sites is 2. The van der Waals surface area contributed by atoms with Gasteiger partial charge in [-0.25, -0.2) is 0 Å². The van der Waals surface area contributed by atoms with Gasteiger partial charge in [0, 0.05) is 46.5 Å². The maximum Gasteiger partial charge on any atom is 0.135 e. The number of nitrogens with zero attached hydrogens (tertiary/aromatic N) is 2. The second-order valence-electron chi connectivity index (χ2n) is 16.3. The fourth-order valence-corrected chi connectivity index (χ4v) is 9.50. The molecule has 302 valence electrons. The van der Waals surface area contributed by atoms with Gasteiger partial charge in [0.25, 0.3) is 0 Å². The molecule has 2 aliphatic heterocycles. The van der Waals surface area contributed by atoms with Gasteiger partial charge in [-0.2, -0.15) is 0 Å². The molecule has 10 rings (SSSR count). The van der Waals surface area contributed by atoms with E-state index >= 15 is 0 Å². The molecule has 4 unspecified atom stereocenters. The van der Waals surface area contributed by atoms with Crippen LogP contribution >= 0.6 is 0 Å². The number of hydrogen-bond acceptors (Lipinski definition) is 4. The summed E-state index contributed by atoms with van der Waals surface area (Å²) in [6.07, 6.45) is 18.6. The van der Waals surface area contributed by atoms with Crippen LogP contribution in [-0.4, -0.2) is 12.1 Å². The van der Waals surface area contributed by atoms with E-state index in [-0.39, 0.29) is 24.0 Å². The highest BCUT2D eigenvalue weighted by molar-refractivity contribution is 5.78. The number of anilines is 3. The predicted octanol–water partition coefficient (Wildman–Crippen LogP) is 14.1. The summed E-state index contributed by atoms with van der Waals surface area (Å²) in [7, 11) is 0. The van der Waals surface area contributed by atoms with Crippen molar-refractivity contribution in [1.29, 1.82) is 0 Å². The lowest BCUT2D eigenvalue weighted by Crippen LogP contribution is -2.41. The summed E-state index contributed by atoms with van der Waals surface area (Å²) >= 11 is 0. The van der Waals surface area contributed by atoms with Crippen molar-refractivity contribution in [2.75, 3.05) is 9.80 Å². The molecule has 2 heterocycles. The molecule has 2 saturated heterocycles. The van der Waals surface area contributed by atoms with Crippen molar-refractivity contribution in [2.45, 2.75) is 25.0 Å². The van der Waals surface area contributed by atoms with Gasteiger partial charge < -0.3 is 19.3 Å². The smallest absolute Gasteiger partial charge is 0.135 e. The summed E-state index contributed by atoms with van der Waals surface area (Å²) in [4.78, 5) is 4.54. The van der Waals surface area contributed by atoms with Crippen molar-refractivity contribution >= 4 is 22.6 Å². The molecule has 3 aliphatic carbocycles. The topological polar surface area (TPSA) is 24.9 Å². The number of rotatable bonds is 11. The van der Waals surface area contributed by atoms with Crippen LogP contribution in [0.3, 0.4) is 0 Å². The summed E-state index contributed by atoms with van der Waals surface area (Å²) in [6.45, 7) is 18.6. The van der Waals surface area contributed by atoms with Crippen molar-refractivity contribution in [3.8, 4) is 11.1 Å². The third-order valence-corrected chi connectivity index (χ3v) is 12.5. The Hall–Kier alpha value is -7.56. The molecule has 0 saturated carbocycles. The highest BCUT2D eigenvalue weighted by Gasteiger charge is 2.48. The minimum Gasteiger partial charge on any atom is -0.489 e. The first-order chi connectivity index (χ1) is 30.4. The van der Waals surface area contributed by atoms with E-state index in [1.807, 2.05) is 30.3 Å². The van der Waals surface area contributed by atoms with Gasteiger partial charge in [-0.15, -0.1) is 0 Å². The second-order valence-corrected chi connectivity index (χ2v) is 16.3. The van der Waals surface area contributed by atoms with Gasteiger partial charge in [0.05, 0.1) is 17.9 Å². The van der Waals surface area contributed by atoms with Gasteiger partial charge in [-0.1, -0.05) is 166 Å². The van der Waals surface area contributed by atoms with Gasteiger partial charge in [-0.3, -0.25) is 0 Å². The van der Waals surface area contributed by atoms with Crippen molar-refractivity contribution < 1.29 is 9.47 Å². The molecule has 4 nitrogen and oxygen atoms in total. The monoisotopic (exact) mass is 804 g/mol. The zero-order valence-electron chi connectivity index (χ0n) is 34.7. The Kier molecular flexibility index (Phi) is 10.3. The van der Waals surface area contributed by atoms with E-state index in [0.29, 0.717) is 12.2 Å². The van der Waals surface area contributed by atoms with Crippen LogP contribution in [0.15, 0.2) is 271 Å². The molecule has 0 amide bonds. The summed E-state index contributed by atoms with van der Waals surface area (Å²) in [6, 6.07) is 50.5. The SMILES string of the molecule is C=C1C2=CC=C3OC(CC(=C)N(c4ccccc4)C4C=C(c5ccccc5)C=CC4)C(=C)C4=CC=C(O/C1=C/C(=C)N(c1ccccc1)c1cccc(-c5ccccc5)c1)C2C34. The zero-order chi connectivity index (χ0) is 42.2. The molecule has 0 bridgehead atoms. The number of ether oxygens (including phenoxy) is 2. The fraction of sp³-hybridized carbons (Fsp3) is 0.103. The highest BCUT2D eigenvalue weighted by atomic mass is 16.5. The predicted molar refractivity (Wildman–Crippen MR) is 256 cm³/mol. The molecule has 0 N–H and O–H groups in total. The van der Waals surface area contributed by atoms with E-state index in [9.17, 15) is 0 Å². The Morgan fingerprint density at radius 3 is 1.95 bits per heavy atom. The lowest BCUT2D eigenvalue weighted by atomic mass is 9.66. The molecule has 0 aromatic heterocycles. The first-order valence-electron chi connectivity index (χ1n) is 21.4. The van der Waals surface area contributed by atoms with E-state index in [1.54, 1.807) is 0 Å². The quantitative estimate of drug-likeness (QED) is 0.133. The maximum absolute atomic E-state index is 6.95.